The molecule has 0 spiro atoms. The molecule has 1 aliphatic heterocycles. The number of ketones is 1. The molecule has 11 atom stereocenters. The normalized spacial score (nSPS) is 45.4. The van der Waals surface area contributed by atoms with Gasteiger partial charge in [-0.1, -0.05) is 20.8 Å². The molecule has 1 amide bonds. The molecule has 0 radical (unpaired) electrons. The Morgan fingerprint density at radius 2 is 1.79 bits per heavy atom. The molecule has 0 aromatic rings. The second-order valence-corrected chi connectivity index (χ2v) is 12.6. The number of fused-ring (bicyclic) bond motifs is 5. The van der Waals surface area contributed by atoms with Crippen molar-refractivity contribution in [2.75, 3.05) is 6.61 Å². The van der Waals surface area contributed by atoms with Crippen molar-refractivity contribution >= 4 is 17.7 Å². The van der Waals surface area contributed by atoms with Crippen LogP contribution >= 0.6 is 0 Å². The fourth-order valence-electron chi connectivity index (χ4n) is 7.93. The van der Waals surface area contributed by atoms with Crippen molar-refractivity contribution < 1.29 is 49.4 Å². The Morgan fingerprint density at radius 3 is 2.32 bits per heavy atom. The Hall–Kier alpha value is -1.89. The summed E-state index contributed by atoms with van der Waals surface area (Å²) in [6, 6.07) is -0.943. The molecule has 214 valence electrons. The van der Waals surface area contributed by atoms with Crippen molar-refractivity contribution in [3.05, 3.63) is 11.1 Å². The number of aliphatic hydroxyl groups is 5. The predicted octanol–water partition coefficient (Wildman–Crippen LogP) is -0.642. The average molecular weight is 540 g/mol. The number of carbonyl (C=O) groups excluding carboxylic acids is 3. The first kappa shape index (κ1) is 29.1. The zero-order valence-electron chi connectivity index (χ0n) is 23.0. The lowest BCUT2D eigenvalue weighted by molar-refractivity contribution is -0.335. The Morgan fingerprint density at radius 1 is 1.18 bits per heavy atom. The number of carbonyl (C=O) groups is 3. The van der Waals surface area contributed by atoms with E-state index in [-0.39, 0.29) is 25.0 Å². The van der Waals surface area contributed by atoms with Crippen molar-refractivity contribution in [2.45, 2.75) is 109 Å². The van der Waals surface area contributed by atoms with Gasteiger partial charge in [0.05, 0.1) is 35.9 Å². The summed E-state index contributed by atoms with van der Waals surface area (Å²) >= 11 is 0. The third-order valence-corrected chi connectivity index (χ3v) is 10.3. The fourth-order valence-corrected chi connectivity index (χ4v) is 7.93. The minimum absolute atomic E-state index is 0.0130. The summed E-state index contributed by atoms with van der Waals surface area (Å²) in [7, 11) is 0. The van der Waals surface area contributed by atoms with Gasteiger partial charge in [0.15, 0.2) is 11.9 Å². The first-order valence-corrected chi connectivity index (χ1v) is 13.2. The molecule has 6 N–H and O–H groups in total. The van der Waals surface area contributed by atoms with Crippen LogP contribution in [0.3, 0.4) is 0 Å². The van der Waals surface area contributed by atoms with E-state index in [9.17, 15) is 39.9 Å². The number of esters is 1. The fraction of sp³-hybridized carbons (Fsp3) is 0.815. The molecule has 2 bridgehead atoms. The van der Waals surface area contributed by atoms with E-state index in [0.29, 0.717) is 5.57 Å². The van der Waals surface area contributed by atoms with Crippen molar-refractivity contribution in [1.29, 1.82) is 0 Å². The van der Waals surface area contributed by atoms with Crippen molar-refractivity contribution in [3.63, 3.8) is 0 Å². The van der Waals surface area contributed by atoms with Crippen LogP contribution in [-0.4, -0.2) is 97.6 Å². The minimum atomic E-state index is -1.75. The van der Waals surface area contributed by atoms with Gasteiger partial charge in [0.2, 0.25) is 5.91 Å². The smallest absolute Gasteiger partial charge is 0.337 e. The Kier molecular flexibility index (Phi) is 6.95. The number of Topliss-reactive ketones (excluding diaryl/α,β-unsaturated/α-hetero) is 1. The van der Waals surface area contributed by atoms with Gasteiger partial charge in [-0.2, -0.15) is 0 Å². The van der Waals surface area contributed by atoms with Gasteiger partial charge in [-0.25, -0.2) is 4.79 Å². The highest BCUT2D eigenvalue weighted by Gasteiger charge is 2.74. The predicted molar refractivity (Wildman–Crippen MR) is 132 cm³/mol. The lowest BCUT2D eigenvalue weighted by atomic mass is 9.43. The molecule has 11 nitrogen and oxygen atoms in total. The molecule has 4 aliphatic rings. The van der Waals surface area contributed by atoms with Crippen molar-refractivity contribution in [1.82, 2.24) is 5.32 Å². The van der Waals surface area contributed by atoms with E-state index in [4.69, 9.17) is 9.47 Å². The van der Waals surface area contributed by atoms with Gasteiger partial charge in [-0.15, -0.1) is 0 Å². The van der Waals surface area contributed by atoms with E-state index >= 15 is 0 Å². The van der Waals surface area contributed by atoms with Gasteiger partial charge in [0, 0.05) is 31.1 Å². The molecule has 3 fully saturated rings. The van der Waals surface area contributed by atoms with E-state index in [1.54, 1.807) is 27.7 Å². The number of rotatable bonds is 4. The van der Waals surface area contributed by atoms with E-state index in [0.717, 1.165) is 0 Å². The van der Waals surface area contributed by atoms with Gasteiger partial charge < -0.3 is 40.3 Å². The van der Waals surface area contributed by atoms with E-state index in [2.05, 4.69) is 5.32 Å². The first-order chi connectivity index (χ1) is 17.4. The van der Waals surface area contributed by atoms with Gasteiger partial charge >= 0.3 is 5.97 Å². The van der Waals surface area contributed by atoms with Gasteiger partial charge in [-0.05, 0) is 37.8 Å². The summed E-state index contributed by atoms with van der Waals surface area (Å²) in [6.07, 6.45) is -6.65. The molecule has 3 aliphatic carbocycles. The third-order valence-electron chi connectivity index (χ3n) is 10.3. The summed E-state index contributed by atoms with van der Waals surface area (Å²) in [5, 5.41) is 59.7. The number of nitrogens with one attached hydrogen (secondary N) is 1. The van der Waals surface area contributed by atoms with Crippen LogP contribution in [0.15, 0.2) is 11.1 Å². The zero-order chi connectivity index (χ0) is 28.7. The minimum Gasteiger partial charge on any atom is -0.456 e. The lowest BCUT2D eigenvalue weighted by Gasteiger charge is -2.67. The highest BCUT2D eigenvalue weighted by molar-refractivity contribution is 5.93. The van der Waals surface area contributed by atoms with Crippen molar-refractivity contribution in [3.8, 4) is 0 Å². The molecule has 0 aromatic carbocycles. The molecule has 11 heteroatoms. The maximum absolute atomic E-state index is 14.0. The standard InChI is InChI=1S/C27H41NO10/c1-11-15(38-23(34)19(31)13(3)28-14(4)29)9-27(36)12(2)21-25(7,16(30)8-17-26(21,35)10-37-17)22(33)20(32)18(11)24(27,5)6/h12-13,15-17,19-21,30-32,35-36H,8-10H2,1-7H3,(H,28,29)/t12?,13-,15?,16?,17?,19?,20?,21?,25+,26-,27?/m0/s1. The highest BCUT2D eigenvalue weighted by Crippen LogP contribution is 2.64. The molecule has 4 rings (SSSR count). The quantitative estimate of drug-likeness (QED) is 0.198. The van der Waals surface area contributed by atoms with Crippen LogP contribution in [0, 0.1) is 22.7 Å². The van der Waals surface area contributed by atoms with E-state index < -0.39 is 88.1 Å². The van der Waals surface area contributed by atoms with Gasteiger partial charge in [0.1, 0.15) is 17.8 Å². The number of aliphatic hydroxyl groups excluding tert-OH is 3. The van der Waals surface area contributed by atoms with Crippen LogP contribution in [-0.2, 0) is 23.9 Å². The number of hydrogen-bond acceptors (Lipinski definition) is 10. The van der Waals surface area contributed by atoms with Crippen LogP contribution in [0.4, 0.5) is 0 Å². The van der Waals surface area contributed by atoms with Crippen molar-refractivity contribution in [2.24, 2.45) is 22.7 Å². The molecular weight excluding hydrogens is 498 g/mol. The molecule has 1 saturated heterocycles. The first-order valence-electron chi connectivity index (χ1n) is 13.2. The van der Waals surface area contributed by atoms with Crippen LogP contribution < -0.4 is 5.32 Å². The molecule has 1 heterocycles. The summed E-state index contributed by atoms with van der Waals surface area (Å²) in [5.74, 6) is -3.96. The second kappa shape index (κ2) is 9.07. The largest absolute Gasteiger partial charge is 0.456 e. The van der Waals surface area contributed by atoms with Gasteiger partial charge in [0.25, 0.3) is 0 Å². The number of amides is 1. The summed E-state index contributed by atoms with van der Waals surface area (Å²) in [4.78, 5) is 38.3. The zero-order valence-corrected chi connectivity index (χ0v) is 23.0. The van der Waals surface area contributed by atoms with Crippen LogP contribution in [0.1, 0.15) is 61.3 Å². The van der Waals surface area contributed by atoms with Crippen LogP contribution in [0.2, 0.25) is 0 Å². The Labute approximate surface area is 222 Å². The molecule has 2 saturated carbocycles. The highest BCUT2D eigenvalue weighted by atomic mass is 16.6. The van der Waals surface area contributed by atoms with Crippen LogP contribution in [0.25, 0.3) is 0 Å². The van der Waals surface area contributed by atoms with E-state index in [1.807, 2.05) is 0 Å². The number of hydrogen-bond donors (Lipinski definition) is 6. The van der Waals surface area contributed by atoms with Gasteiger partial charge in [-0.3, -0.25) is 9.59 Å². The topological polar surface area (TPSA) is 183 Å². The maximum atomic E-state index is 14.0. The maximum Gasteiger partial charge on any atom is 0.337 e. The molecule has 38 heavy (non-hydrogen) atoms. The third kappa shape index (κ3) is 3.73. The second-order valence-electron chi connectivity index (χ2n) is 12.6. The lowest BCUT2D eigenvalue weighted by Crippen LogP contribution is -2.78. The average Bonchev–Trinajstić information content (AvgIpc) is 2.81. The molecule has 8 unspecified atom stereocenters. The SMILES string of the molecule is CC(=O)N[C@@H](C)C(O)C(=O)OC1CC2(O)C(C)C3[C@]4(O)COC4CC(O)[C@@]3(C)C(=O)C(O)C(=C1C)C2(C)C. The molecular formula is C27H41NO10. The number of ether oxygens (including phenoxy) is 2. The Balaban J connectivity index is 1.82. The summed E-state index contributed by atoms with van der Waals surface area (Å²) in [5.41, 5.74) is -5.48. The summed E-state index contributed by atoms with van der Waals surface area (Å²) in [6.45, 7) is 10.8. The summed E-state index contributed by atoms with van der Waals surface area (Å²) < 4.78 is 11.2. The Bertz CT molecular complexity index is 1070. The monoisotopic (exact) mass is 539 g/mol. The van der Waals surface area contributed by atoms with E-state index in [1.165, 1.54) is 20.8 Å². The van der Waals surface area contributed by atoms with Crippen LogP contribution in [0.5, 0.6) is 0 Å². The molecule has 0 aromatic heterocycles.